The standard InChI is InChI=1S/C16H36N.C7H8O3S/c1-5-9-13-17(14-10-6-2,15-11-7-3)16-12-8-4;1-6-4-2-3-5-7(6)11(8,9)10/h5-16H2,1-4H3;2-5H,1H3,(H,8,9,10)/q+1;/p-1. The summed E-state index contributed by atoms with van der Waals surface area (Å²) >= 11 is 0. The molecule has 5 heteroatoms. The van der Waals surface area contributed by atoms with Crippen molar-refractivity contribution in [1.82, 2.24) is 0 Å². The van der Waals surface area contributed by atoms with Crippen molar-refractivity contribution in [3.8, 4) is 0 Å². The van der Waals surface area contributed by atoms with Crippen LogP contribution in [0.2, 0.25) is 0 Å². The van der Waals surface area contributed by atoms with Crippen molar-refractivity contribution >= 4 is 10.1 Å². The zero-order valence-electron chi connectivity index (χ0n) is 18.9. The molecular formula is C23H43NO3S. The number of benzene rings is 1. The summed E-state index contributed by atoms with van der Waals surface area (Å²) in [7, 11) is -4.28. The van der Waals surface area contributed by atoms with Gasteiger partial charge in [0.15, 0.2) is 0 Å². The topological polar surface area (TPSA) is 57.2 Å². The molecule has 0 heterocycles. The predicted molar refractivity (Wildman–Crippen MR) is 119 cm³/mol. The first kappa shape index (κ1) is 27.1. The van der Waals surface area contributed by atoms with E-state index in [0.29, 0.717) is 5.56 Å². The van der Waals surface area contributed by atoms with Crippen molar-refractivity contribution in [2.75, 3.05) is 26.2 Å². The van der Waals surface area contributed by atoms with Crippen molar-refractivity contribution in [2.45, 2.75) is 90.9 Å². The Morgan fingerprint density at radius 2 is 1.11 bits per heavy atom. The third kappa shape index (κ3) is 11.2. The summed E-state index contributed by atoms with van der Waals surface area (Å²) in [5, 5.41) is 0. The average molecular weight is 414 g/mol. The second-order valence-electron chi connectivity index (χ2n) is 7.87. The van der Waals surface area contributed by atoms with Crippen LogP contribution in [0.3, 0.4) is 0 Å². The molecule has 0 aliphatic carbocycles. The second-order valence-corrected chi connectivity index (χ2v) is 9.22. The fraction of sp³-hybridized carbons (Fsp3) is 0.739. The molecule has 0 fully saturated rings. The lowest BCUT2D eigenvalue weighted by Crippen LogP contribution is -2.50. The average Bonchev–Trinajstić information content (AvgIpc) is 2.67. The van der Waals surface area contributed by atoms with Crippen molar-refractivity contribution in [3.63, 3.8) is 0 Å². The van der Waals surface area contributed by atoms with Gasteiger partial charge in [-0.3, -0.25) is 0 Å². The van der Waals surface area contributed by atoms with Crippen LogP contribution in [0.15, 0.2) is 29.2 Å². The molecule has 4 nitrogen and oxygen atoms in total. The number of aryl methyl sites for hydroxylation is 1. The van der Waals surface area contributed by atoms with Crippen LogP contribution in [-0.4, -0.2) is 43.6 Å². The monoisotopic (exact) mass is 413 g/mol. The van der Waals surface area contributed by atoms with Gasteiger partial charge in [0, 0.05) is 0 Å². The van der Waals surface area contributed by atoms with Crippen LogP contribution in [0.1, 0.15) is 84.6 Å². The molecule has 0 aliphatic rings. The van der Waals surface area contributed by atoms with Gasteiger partial charge < -0.3 is 9.04 Å². The molecule has 164 valence electrons. The van der Waals surface area contributed by atoms with Gasteiger partial charge in [-0.25, -0.2) is 8.42 Å². The van der Waals surface area contributed by atoms with E-state index in [9.17, 15) is 13.0 Å². The molecule has 1 rings (SSSR count). The highest BCUT2D eigenvalue weighted by Crippen LogP contribution is 2.16. The third-order valence-electron chi connectivity index (χ3n) is 5.31. The SMILES string of the molecule is CCCC[N+](CCCC)(CCCC)CCCC.Cc1ccccc1S(=O)(=O)[O-]. The first-order valence-electron chi connectivity index (χ1n) is 11.1. The minimum Gasteiger partial charge on any atom is -0.744 e. The number of rotatable bonds is 13. The van der Waals surface area contributed by atoms with E-state index in [4.69, 9.17) is 0 Å². The van der Waals surface area contributed by atoms with Crippen LogP contribution in [0.5, 0.6) is 0 Å². The molecule has 0 amide bonds. The molecule has 0 saturated heterocycles. The quantitative estimate of drug-likeness (QED) is 0.299. The van der Waals surface area contributed by atoms with E-state index in [0.717, 1.165) is 0 Å². The van der Waals surface area contributed by atoms with Gasteiger partial charge in [0.25, 0.3) is 0 Å². The van der Waals surface area contributed by atoms with Gasteiger partial charge in [-0.15, -0.1) is 0 Å². The van der Waals surface area contributed by atoms with Gasteiger partial charge in [0.2, 0.25) is 0 Å². The lowest BCUT2D eigenvalue weighted by Gasteiger charge is -2.39. The molecule has 1 aromatic rings. The maximum absolute atomic E-state index is 10.5. The zero-order valence-corrected chi connectivity index (χ0v) is 19.7. The van der Waals surface area contributed by atoms with Crippen molar-refractivity contribution in [3.05, 3.63) is 29.8 Å². The zero-order chi connectivity index (χ0) is 21.5. The highest BCUT2D eigenvalue weighted by atomic mass is 32.2. The molecule has 0 aromatic heterocycles. The molecule has 0 radical (unpaired) electrons. The summed E-state index contributed by atoms with van der Waals surface area (Å²) in [6.45, 7) is 16.6. The molecule has 0 aliphatic heterocycles. The molecule has 0 spiro atoms. The Morgan fingerprint density at radius 3 is 1.36 bits per heavy atom. The molecule has 0 bridgehead atoms. The van der Waals surface area contributed by atoms with Crippen molar-refractivity contribution < 1.29 is 17.5 Å². The van der Waals surface area contributed by atoms with Crippen LogP contribution in [0, 0.1) is 6.92 Å². The molecule has 0 atom stereocenters. The summed E-state index contributed by atoms with van der Waals surface area (Å²) in [6, 6.07) is 6.10. The van der Waals surface area contributed by atoms with E-state index < -0.39 is 10.1 Å². The Bertz CT molecular complexity index is 577. The number of hydrogen-bond acceptors (Lipinski definition) is 3. The first-order chi connectivity index (χ1) is 13.3. The number of unbranched alkanes of at least 4 members (excludes halogenated alkanes) is 4. The number of hydrogen-bond donors (Lipinski definition) is 0. The van der Waals surface area contributed by atoms with Crippen LogP contribution in [0.25, 0.3) is 0 Å². The van der Waals surface area contributed by atoms with E-state index in [1.165, 1.54) is 94.2 Å². The van der Waals surface area contributed by atoms with Crippen LogP contribution in [0.4, 0.5) is 0 Å². The maximum atomic E-state index is 10.5. The van der Waals surface area contributed by atoms with Crippen molar-refractivity contribution in [1.29, 1.82) is 0 Å². The predicted octanol–water partition coefficient (Wildman–Crippen LogP) is 5.90. The van der Waals surface area contributed by atoms with Gasteiger partial charge in [0.05, 0.1) is 31.1 Å². The Labute approximate surface area is 174 Å². The Kier molecular flexibility index (Phi) is 14.5. The van der Waals surface area contributed by atoms with Gasteiger partial charge in [0.1, 0.15) is 10.1 Å². The smallest absolute Gasteiger partial charge is 0.124 e. The fourth-order valence-electron chi connectivity index (χ4n) is 3.48. The minimum absolute atomic E-state index is 0.139. The van der Waals surface area contributed by atoms with Gasteiger partial charge in [-0.05, 0) is 44.2 Å². The van der Waals surface area contributed by atoms with E-state index in [-0.39, 0.29) is 4.90 Å². The minimum atomic E-state index is -4.28. The normalized spacial score (nSPS) is 11.8. The largest absolute Gasteiger partial charge is 0.744 e. The Hall–Kier alpha value is -0.910. The Balaban J connectivity index is 0.000000567. The lowest BCUT2D eigenvalue weighted by molar-refractivity contribution is -0.929. The summed E-state index contributed by atoms with van der Waals surface area (Å²) in [4.78, 5) is -0.139. The van der Waals surface area contributed by atoms with E-state index >= 15 is 0 Å². The molecule has 0 unspecified atom stereocenters. The molecule has 0 saturated carbocycles. The molecular weight excluding hydrogens is 370 g/mol. The Morgan fingerprint density at radius 1 is 0.750 bits per heavy atom. The highest BCUT2D eigenvalue weighted by Gasteiger charge is 2.24. The van der Waals surface area contributed by atoms with Crippen LogP contribution < -0.4 is 0 Å². The number of nitrogens with zero attached hydrogens (tertiary/aromatic N) is 1. The van der Waals surface area contributed by atoms with E-state index in [1.807, 2.05) is 0 Å². The lowest BCUT2D eigenvalue weighted by atomic mass is 10.1. The summed E-state index contributed by atoms with van der Waals surface area (Å²) in [5.41, 5.74) is 0.488. The van der Waals surface area contributed by atoms with Gasteiger partial charge in [-0.1, -0.05) is 71.6 Å². The van der Waals surface area contributed by atoms with Gasteiger partial charge in [-0.2, -0.15) is 0 Å². The third-order valence-corrected chi connectivity index (χ3v) is 6.30. The van der Waals surface area contributed by atoms with E-state index in [1.54, 1.807) is 19.1 Å². The van der Waals surface area contributed by atoms with Crippen LogP contribution in [-0.2, 0) is 10.1 Å². The second kappa shape index (κ2) is 15.0. The summed E-state index contributed by atoms with van der Waals surface area (Å²) in [6.07, 6.45) is 11.1. The molecule has 28 heavy (non-hydrogen) atoms. The van der Waals surface area contributed by atoms with Crippen molar-refractivity contribution in [2.24, 2.45) is 0 Å². The summed E-state index contributed by atoms with van der Waals surface area (Å²) < 4.78 is 32.9. The van der Waals surface area contributed by atoms with Crippen LogP contribution >= 0.6 is 0 Å². The maximum Gasteiger partial charge on any atom is 0.124 e. The molecule has 0 N–H and O–H groups in total. The number of quaternary nitrogens is 1. The molecule has 1 aromatic carbocycles. The van der Waals surface area contributed by atoms with Gasteiger partial charge >= 0.3 is 0 Å². The first-order valence-corrected chi connectivity index (χ1v) is 12.5. The highest BCUT2D eigenvalue weighted by molar-refractivity contribution is 7.85. The summed E-state index contributed by atoms with van der Waals surface area (Å²) in [5.74, 6) is 0. The fourth-order valence-corrected chi connectivity index (χ4v) is 4.19. The van der Waals surface area contributed by atoms with E-state index in [2.05, 4.69) is 27.7 Å².